The number of methoxy groups -OCH3 is 1. The summed E-state index contributed by atoms with van der Waals surface area (Å²) in [6.45, 7) is 0.869. The van der Waals surface area contributed by atoms with Crippen molar-refractivity contribution in [1.82, 2.24) is 5.32 Å². The topological polar surface area (TPSA) is 30.5 Å². The first-order chi connectivity index (χ1) is 11.8. The first kappa shape index (κ1) is 16.3. The van der Waals surface area contributed by atoms with Crippen LogP contribution in [0, 0.1) is 0 Å². The van der Waals surface area contributed by atoms with Crippen LogP contribution in [0.1, 0.15) is 18.1 Å². The number of para-hydroxylation sites is 1. The molecule has 0 spiro atoms. The van der Waals surface area contributed by atoms with Gasteiger partial charge in [-0.1, -0.05) is 54.6 Å². The van der Waals surface area contributed by atoms with Crippen LogP contribution in [-0.4, -0.2) is 20.7 Å². The van der Waals surface area contributed by atoms with E-state index in [4.69, 9.17) is 9.47 Å². The maximum Gasteiger partial charge on any atom is 0.129 e. The number of rotatable bonds is 7. The average molecular weight is 321 g/mol. The van der Waals surface area contributed by atoms with E-state index in [1.54, 1.807) is 7.11 Å². The van der Waals surface area contributed by atoms with E-state index in [0.717, 1.165) is 35.4 Å². The second-order valence-corrected chi connectivity index (χ2v) is 5.72. The monoisotopic (exact) mass is 321 g/mol. The molecule has 0 aromatic heterocycles. The molecule has 0 aliphatic rings. The fraction of sp³-hybridized carbons (Fsp3) is 0.238. The standard InChI is InChI=1S/C21H23NO2/c1-22-15-14-21(18-11-5-6-12-19(18)23-2)24-20-13-7-9-16-8-3-4-10-17(16)20/h3-13,21-22H,14-15H2,1-2H3. The Kier molecular flexibility index (Phi) is 5.34. The number of hydrogen-bond acceptors (Lipinski definition) is 3. The summed E-state index contributed by atoms with van der Waals surface area (Å²) in [7, 11) is 3.66. The Bertz CT molecular complexity index is 795. The lowest BCUT2D eigenvalue weighted by Gasteiger charge is -2.22. The molecule has 0 bridgehead atoms. The van der Waals surface area contributed by atoms with Gasteiger partial charge < -0.3 is 14.8 Å². The van der Waals surface area contributed by atoms with Gasteiger partial charge in [-0.3, -0.25) is 0 Å². The Morgan fingerprint density at radius 2 is 1.58 bits per heavy atom. The molecular weight excluding hydrogens is 298 g/mol. The number of nitrogens with one attached hydrogen (secondary N) is 1. The summed E-state index contributed by atoms with van der Waals surface area (Å²) < 4.78 is 12.0. The maximum absolute atomic E-state index is 6.44. The zero-order chi connectivity index (χ0) is 16.8. The van der Waals surface area contributed by atoms with E-state index in [1.807, 2.05) is 49.5 Å². The van der Waals surface area contributed by atoms with Gasteiger partial charge in [-0.15, -0.1) is 0 Å². The SMILES string of the molecule is CNCCC(Oc1cccc2ccccc12)c1ccccc1OC. The Labute approximate surface area is 143 Å². The van der Waals surface area contributed by atoms with Gasteiger partial charge in [0.25, 0.3) is 0 Å². The summed E-state index contributed by atoms with van der Waals surface area (Å²) in [5.41, 5.74) is 1.07. The molecule has 3 nitrogen and oxygen atoms in total. The predicted octanol–water partition coefficient (Wildman–Crippen LogP) is 4.58. The van der Waals surface area contributed by atoms with Gasteiger partial charge in [-0.25, -0.2) is 0 Å². The second kappa shape index (κ2) is 7.84. The highest BCUT2D eigenvalue weighted by atomic mass is 16.5. The van der Waals surface area contributed by atoms with Crippen LogP contribution in [0.25, 0.3) is 10.8 Å². The Hall–Kier alpha value is -2.52. The minimum absolute atomic E-state index is 0.0700. The van der Waals surface area contributed by atoms with Gasteiger partial charge in [0.1, 0.15) is 17.6 Å². The fourth-order valence-corrected chi connectivity index (χ4v) is 2.94. The molecule has 1 unspecified atom stereocenters. The summed E-state index contributed by atoms with van der Waals surface area (Å²) in [6.07, 6.45) is 0.791. The highest BCUT2D eigenvalue weighted by Crippen LogP contribution is 2.34. The third-order valence-corrected chi connectivity index (χ3v) is 4.16. The van der Waals surface area contributed by atoms with Gasteiger partial charge in [-0.05, 0) is 31.1 Å². The van der Waals surface area contributed by atoms with E-state index in [-0.39, 0.29) is 6.10 Å². The maximum atomic E-state index is 6.44. The van der Waals surface area contributed by atoms with Crippen LogP contribution in [0.2, 0.25) is 0 Å². The average Bonchev–Trinajstić information content (AvgIpc) is 2.65. The molecule has 0 heterocycles. The minimum atomic E-state index is -0.0700. The molecule has 3 aromatic rings. The Balaban J connectivity index is 1.97. The van der Waals surface area contributed by atoms with E-state index in [9.17, 15) is 0 Å². The number of fused-ring (bicyclic) bond motifs is 1. The van der Waals surface area contributed by atoms with Gasteiger partial charge in [0, 0.05) is 17.4 Å². The van der Waals surface area contributed by atoms with Gasteiger partial charge in [0.05, 0.1) is 7.11 Å². The molecule has 124 valence electrons. The van der Waals surface area contributed by atoms with E-state index in [1.165, 1.54) is 5.39 Å². The van der Waals surface area contributed by atoms with Crippen molar-refractivity contribution in [2.45, 2.75) is 12.5 Å². The smallest absolute Gasteiger partial charge is 0.129 e. The van der Waals surface area contributed by atoms with Crippen LogP contribution in [0.3, 0.4) is 0 Å². The van der Waals surface area contributed by atoms with Crippen LogP contribution < -0.4 is 14.8 Å². The van der Waals surface area contributed by atoms with Crippen molar-refractivity contribution in [2.24, 2.45) is 0 Å². The van der Waals surface area contributed by atoms with Crippen molar-refractivity contribution in [1.29, 1.82) is 0 Å². The molecule has 0 radical (unpaired) electrons. The van der Waals surface area contributed by atoms with Gasteiger partial charge >= 0.3 is 0 Å². The van der Waals surface area contributed by atoms with E-state index < -0.39 is 0 Å². The van der Waals surface area contributed by atoms with Crippen molar-refractivity contribution < 1.29 is 9.47 Å². The molecule has 1 atom stereocenters. The lowest BCUT2D eigenvalue weighted by molar-refractivity contribution is 0.193. The summed E-state index contributed by atoms with van der Waals surface area (Å²) >= 11 is 0. The third-order valence-electron chi connectivity index (χ3n) is 4.16. The summed E-state index contributed by atoms with van der Waals surface area (Å²) in [5, 5.41) is 5.52. The first-order valence-electron chi connectivity index (χ1n) is 8.25. The molecule has 0 amide bonds. The minimum Gasteiger partial charge on any atom is -0.496 e. The summed E-state index contributed by atoms with van der Waals surface area (Å²) in [4.78, 5) is 0. The fourth-order valence-electron chi connectivity index (χ4n) is 2.94. The summed E-state index contributed by atoms with van der Waals surface area (Å²) in [6, 6.07) is 22.5. The second-order valence-electron chi connectivity index (χ2n) is 5.72. The van der Waals surface area contributed by atoms with Crippen molar-refractivity contribution in [3.8, 4) is 11.5 Å². The largest absolute Gasteiger partial charge is 0.496 e. The molecule has 3 heteroatoms. The van der Waals surface area contributed by atoms with Gasteiger partial charge in [0.15, 0.2) is 0 Å². The van der Waals surface area contributed by atoms with E-state index in [0.29, 0.717) is 0 Å². The normalized spacial score (nSPS) is 12.1. The van der Waals surface area contributed by atoms with Crippen LogP contribution in [-0.2, 0) is 0 Å². The lowest BCUT2D eigenvalue weighted by Crippen LogP contribution is -2.17. The van der Waals surface area contributed by atoms with Gasteiger partial charge in [-0.2, -0.15) is 0 Å². The highest BCUT2D eigenvalue weighted by molar-refractivity contribution is 5.88. The molecule has 0 saturated heterocycles. The Morgan fingerprint density at radius 3 is 2.42 bits per heavy atom. The predicted molar refractivity (Wildman–Crippen MR) is 98.9 cm³/mol. The van der Waals surface area contributed by atoms with Crippen molar-refractivity contribution in [3.05, 3.63) is 72.3 Å². The molecule has 3 rings (SSSR count). The first-order valence-corrected chi connectivity index (χ1v) is 8.25. The van der Waals surface area contributed by atoms with E-state index >= 15 is 0 Å². The molecule has 0 saturated carbocycles. The van der Waals surface area contributed by atoms with Crippen LogP contribution in [0.15, 0.2) is 66.7 Å². The third kappa shape index (κ3) is 3.52. The quantitative estimate of drug-likeness (QED) is 0.691. The lowest BCUT2D eigenvalue weighted by atomic mass is 10.0. The summed E-state index contributed by atoms with van der Waals surface area (Å²) in [5.74, 6) is 1.76. The van der Waals surface area contributed by atoms with Crippen LogP contribution in [0.4, 0.5) is 0 Å². The zero-order valence-electron chi connectivity index (χ0n) is 14.2. The zero-order valence-corrected chi connectivity index (χ0v) is 14.2. The number of hydrogen-bond donors (Lipinski definition) is 1. The number of benzene rings is 3. The van der Waals surface area contributed by atoms with E-state index in [2.05, 4.69) is 29.6 Å². The van der Waals surface area contributed by atoms with Gasteiger partial charge in [0.2, 0.25) is 0 Å². The van der Waals surface area contributed by atoms with Crippen molar-refractivity contribution in [2.75, 3.05) is 20.7 Å². The van der Waals surface area contributed by atoms with Crippen LogP contribution in [0.5, 0.6) is 11.5 Å². The highest BCUT2D eigenvalue weighted by Gasteiger charge is 2.18. The molecule has 0 fully saturated rings. The number of ether oxygens (including phenoxy) is 2. The van der Waals surface area contributed by atoms with Crippen molar-refractivity contribution in [3.63, 3.8) is 0 Å². The molecule has 1 N–H and O–H groups in total. The molecule has 0 aliphatic carbocycles. The Morgan fingerprint density at radius 1 is 0.875 bits per heavy atom. The molecule has 24 heavy (non-hydrogen) atoms. The molecular formula is C21H23NO2. The van der Waals surface area contributed by atoms with Crippen LogP contribution >= 0.6 is 0 Å². The molecule has 3 aromatic carbocycles. The molecule has 0 aliphatic heterocycles. The van der Waals surface area contributed by atoms with Crippen molar-refractivity contribution >= 4 is 10.8 Å².